The third-order valence-corrected chi connectivity index (χ3v) is 7.11. The van der Waals surface area contributed by atoms with Crippen LogP contribution in [0, 0.1) is 5.92 Å². The molecule has 10 heteroatoms. The number of hydrogen-bond acceptors (Lipinski definition) is 8. The third kappa shape index (κ3) is 7.62. The molecule has 2 amide bonds. The topological polar surface area (TPSA) is 84.4 Å². The van der Waals surface area contributed by atoms with Gasteiger partial charge in [-0.2, -0.15) is 0 Å². The average Bonchev–Trinajstić information content (AvgIpc) is 3.31. The smallest absolute Gasteiger partial charge is 0.266 e. The van der Waals surface area contributed by atoms with E-state index in [1.165, 1.54) is 23.1 Å². The normalized spacial score (nSPS) is 15.0. The molecule has 1 fully saturated rings. The number of ether oxygens (including phenoxy) is 1. The van der Waals surface area contributed by atoms with E-state index in [2.05, 4.69) is 29.4 Å². The summed E-state index contributed by atoms with van der Waals surface area (Å²) >= 11 is 8.15. The number of unbranched alkanes of at least 4 members (excludes halogenated alkanes) is 2. The minimum atomic E-state index is -0.0629. The van der Waals surface area contributed by atoms with E-state index >= 15 is 0 Å². The van der Waals surface area contributed by atoms with Crippen molar-refractivity contribution in [2.75, 3.05) is 19.0 Å². The van der Waals surface area contributed by atoms with Crippen molar-refractivity contribution in [1.82, 2.24) is 15.1 Å². The Morgan fingerprint density at radius 2 is 1.97 bits per heavy atom. The van der Waals surface area contributed by atoms with Gasteiger partial charge >= 0.3 is 0 Å². The molecule has 0 spiro atoms. The summed E-state index contributed by atoms with van der Waals surface area (Å²) in [7, 11) is 1.62. The van der Waals surface area contributed by atoms with Crippen molar-refractivity contribution >= 4 is 62.7 Å². The summed E-state index contributed by atoms with van der Waals surface area (Å²) in [5.74, 6) is 1.15. The Bertz CT molecular complexity index is 1020. The lowest BCUT2D eigenvalue weighted by atomic mass is 10.1. The molecule has 0 saturated carbocycles. The van der Waals surface area contributed by atoms with Crippen LogP contribution >= 0.6 is 35.3 Å². The molecule has 0 atom stereocenters. The Balaban J connectivity index is 1.39. The zero-order valence-electron chi connectivity index (χ0n) is 19.0. The number of thioether (sulfide) groups is 1. The second-order valence-electron chi connectivity index (χ2n) is 8.06. The second kappa shape index (κ2) is 12.2. The van der Waals surface area contributed by atoms with E-state index in [0.29, 0.717) is 33.2 Å². The predicted octanol–water partition coefficient (Wildman–Crippen LogP) is 5.15. The first kappa shape index (κ1) is 25.3. The third-order valence-electron chi connectivity index (χ3n) is 4.87. The minimum absolute atomic E-state index is 0.0599. The van der Waals surface area contributed by atoms with Gasteiger partial charge in [0.1, 0.15) is 15.1 Å². The Labute approximate surface area is 208 Å². The lowest BCUT2D eigenvalue weighted by Gasteiger charge is -2.14. The number of rotatable bonds is 11. The zero-order valence-corrected chi connectivity index (χ0v) is 21.4. The van der Waals surface area contributed by atoms with Crippen LogP contribution in [0.25, 0.3) is 6.08 Å². The van der Waals surface area contributed by atoms with Crippen LogP contribution in [-0.2, 0) is 16.0 Å². The molecular formula is C23H28N4O3S3. The molecule has 1 aromatic heterocycles. The van der Waals surface area contributed by atoms with Crippen LogP contribution < -0.4 is 10.1 Å². The minimum Gasteiger partial charge on any atom is -0.497 e. The van der Waals surface area contributed by atoms with Crippen LogP contribution in [0.4, 0.5) is 5.13 Å². The van der Waals surface area contributed by atoms with Crippen LogP contribution in [0.15, 0.2) is 29.2 Å². The van der Waals surface area contributed by atoms with Crippen LogP contribution in [-0.4, -0.2) is 44.9 Å². The highest BCUT2D eigenvalue weighted by Gasteiger charge is 2.31. The molecule has 1 saturated heterocycles. The number of methoxy groups -OCH3 is 1. The van der Waals surface area contributed by atoms with Crippen LogP contribution in [0.1, 0.15) is 50.1 Å². The first-order valence-electron chi connectivity index (χ1n) is 10.9. The molecule has 1 aromatic carbocycles. The average molecular weight is 505 g/mol. The number of carbonyl (C=O) groups excluding carboxylic acids is 2. The maximum atomic E-state index is 12.7. The van der Waals surface area contributed by atoms with Gasteiger partial charge in [0.05, 0.1) is 12.0 Å². The van der Waals surface area contributed by atoms with Crippen molar-refractivity contribution in [2.45, 2.75) is 46.0 Å². The number of thiocarbonyl (C=S) groups is 1. The number of hydrogen-bond donors (Lipinski definition) is 1. The summed E-state index contributed by atoms with van der Waals surface area (Å²) in [5, 5.41) is 12.4. The Morgan fingerprint density at radius 3 is 2.67 bits per heavy atom. The standard InChI is InChI=1S/C23H28N4O3S3/c1-15(2)13-20-25-26-22(33-20)24-19(28)7-5-4-6-12-27-21(29)18(32-23(27)31)14-16-8-10-17(30-3)11-9-16/h8-11,14-15H,4-7,12-13H2,1-3H3,(H,24,26,28). The summed E-state index contributed by atoms with van der Waals surface area (Å²) in [6.07, 6.45) is 5.47. The van der Waals surface area contributed by atoms with E-state index in [1.807, 2.05) is 30.3 Å². The molecule has 7 nitrogen and oxygen atoms in total. The van der Waals surface area contributed by atoms with Gasteiger partial charge in [-0.15, -0.1) is 10.2 Å². The molecular weight excluding hydrogens is 476 g/mol. The van der Waals surface area contributed by atoms with E-state index in [9.17, 15) is 9.59 Å². The van der Waals surface area contributed by atoms with Crippen molar-refractivity contribution in [3.05, 3.63) is 39.7 Å². The Morgan fingerprint density at radius 1 is 1.21 bits per heavy atom. The monoisotopic (exact) mass is 504 g/mol. The highest BCUT2D eigenvalue weighted by atomic mass is 32.2. The van der Waals surface area contributed by atoms with Gasteiger partial charge in [0.2, 0.25) is 11.0 Å². The summed E-state index contributed by atoms with van der Waals surface area (Å²) in [6, 6.07) is 7.53. The first-order valence-corrected chi connectivity index (χ1v) is 12.9. The fourth-order valence-electron chi connectivity index (χ4n) is 3.19. The van der Waals surface area contributed by atoms with Gasteiger partial charge in [-0.3, -0.25) is 14.5 Å². The Kier molecular flexibility index (Phi) is 9.40. The van der Waals surface area contributed by atoms with Gasteiger partial charge in [0, 0.05) is 19.4 Å². The lowest BCUT2D eigenvalue weighted by molar-refractivity contribution is -0.122. The molecule has 0 bridgehead atoms. The number of aromatic nitrogens is 2. The van der Waals surface area contributed by atoms with E-state index < -0.39 is 0 Å². The van der Waals surface area contributed by atoms with Crippen molar-refractivity contribution in [1.29, 1.82) is 0 Å². The number of carbonyl (C=O) groups is 2. The molecule has 1 aliphatic rings. The van der Waals surface area contributed by atoms with Crippen molar-refractivity contribution < 1.29 is 14.3 Å². The van der Waals surface area contributed by atoms with Gasteiger partial charge in [-0.25, -0.2) is 0 Å². The summed E-state index contributed by atoms with van der Waals surface area (Å²) in [4.78, 5) is 27.2. The first-order chi connectivity index (χ1) is 15.9. The number of anilines is 1. The van der Waals surface area contributed by atoms with E-state index in [1.54, 1.807) is 12.0 Å². The van der Waals surface area contributed by atoms with Gasteiger partial charge in [0.15, 0.2) is 0 Å². The molecule has 0 unspecified atom stereocenters. The van der Waals surface area contributed by atoms with E-state index in [0.717, 1.165) is 42.0 Å². The van der Waals surface area contributed by atoms with E-state index in [-0.39, 0.29) is 11.8 Å². The van der Waals surface area contributed by atoms with Gasteiger partial charge in [-0.05, 0) is 42.5 Å². The molecule has 0 radical (unpaired) electrons. The fourth-order valence-corrected chi connectivity index (χ4v) is 5.47. The van der Waals surface area contributed by atoms with Gasteiger partial charge in [-0.1, -0.05) is 67.7 Å². The fraction of sp³-hybridized carbons (Fsp3) is 0.435. The highest BCUT2D eigenvalue weighted by Crippen LogP contribution is 2.33. The maximum Gasteiger partial charge on any atom is 0.266 e. The molecule has 33 heavy (non-hydrogen) atoms. The molecule has 1 N–H and O–H groups in total. The zero-order chi connectivity index (χ0) is 23.8. The van der Waals surface area contributed by atoms with Gasteiger partial charge < -0.3 is 10.1 Å². The molecule has 1 aliphatic heterocycles. The summed E-state index contributed by atoms with van der Waals surface area (Å²) < 4.78 is 5.74. The van der Waals surface area contributed by atoms with E-state index in [4.69, 9.17) is 17.0 Å². The SMILES string of the molecule is COc1ccc(C=C2SC(=S)N(CCCCCC(=O)Nc3nnc(CC(C)C)s3)C2=O)cc1. The maximum absolute atomic E-state index is 12.7. The molecule has 176 valence electrons. The largest absolute Gasteiger partial charge is 0.497 e. The molecule has 3 rings (SSSR count). The molecule has 0 aliphatic carbocycles. The highest BCUT2D eigenvalue weighted by molar-refractivity contribution is 8.26. The summed E-state index contributed by atoms with van der Waals surface area (Å²) in [5.41, 5.74) is 0.925. The number of benzene rings is 1. The Hall–Kier alpha value is -2.30. The number of nitrogens with zero attached hydrogens (tertiary/aromatic N) is 3. The van der Waals surface area contributed by atoms with Crippen molar-refractivity contribution in [3.8, 4) is 5.75 Å². The predicted molar refractivity (Wildman–Crippen MR) is 138 cm³/mol. The van der Waals surface area contributed by atoms with Crippen LogP contribution in [0.5, 0.6) is 5.75 Å². The van der Waals surface area contributed by atoms with Crippen molar-refractivity contribution in [3.63, 3.8) is 0 Å². The number of nitrogens with one attached hydrogen (secondary N) is 1. The number of amides is 2. The van der Waals surface area contributed by atoms with Crippen molar-refractivity contribution in [2.24, 2.45) is 5.92 Å². The van der Waals surface area contributed by atoms with Gasteiger partial charge in [0.25, 0.3) is 5.91 Å². The van der Waals surface area contributed by atoms with Crippen LogP contribution in [0.3, 0.4) is 0 Å². The molecule has 2 aromatic rings. The van der Waals surface area contributed by atoms with Crippen LogP contribution in [0.2, 0.25) is 0 Å². The quantitative estimate of drug-likeness (QED) is 0.257. The molecule has 2 heterocycles. The lowest BCUT2D eigenvalue weighted by Crippen LogP contribution is -2.29. The second-order valence-corrected chi connectivity index (χ2v) is 10.8. The summed E-state index contributed by atoms with van der Waals surface area (Å²) in [6.45, 7) is 4.80.